The summed E-state index contributed by atoms with van der Waals surface area (Å²) in [4.78, 5) is 12.1. The molecule has 5 nitrogen and oxygen atoms in total. The van der Waals surface area contributed by atoms with Crippen LogP contribution in [0.5, 0.6) is 0 Å². The van der Waals surface area contributed by atoms with Crippen molar-refractivity contribution in [3.63, 3.8) is 0 Å². The Kier molecular flexibility index (Phi) is 3.59. The zero-order valence-electron chi connectivity index (χ0n) is 11.5. The summed E-state index contributed by atoms with van der Waals surface area (Å²) in [6, 6.07) is 0.513. The van der Waals surface area contributed by atoms with Crippen molar-refractivity contribution in [1.29, 1.82) is 0 Å². The van der Waals surface area contributed by atoms with Gasteiger partial charge in [0.2, 0.25) is 0 Å². The number of nitrogens with one attached hydrogen (secondary N) is 2. The molecule has 1 aliphatic heterocycles. The van der Waals surface area contributed by atoms with Gasteiger partial charge in [0, 0.05) is 12.6 Å². The Morgan fingerprint density at radius 3 is 3.00 bits per heavy atom. The fraction of sp³-hybridized carbons (Fsp3) is 0.692. The molecule has 0 aliphatic carbocycles. The van der Waals surface area contributed by atoms with Crippen LogP contribution < -0.4 is 10.6 Å². The number of carbonyl (C=O) groups excluding carboxylic acids is 1. The van der Waals surface area contributed by atoms with Crippen molar-refractivity contribution in [2.75, 3.05) is 11.9 Å². The van der Waals surface area contributed by atoms with Gasteiger partial charge in [0.1, 0.15) is 11.4 Å². The molecule has 1 aliphatic rings. The van der Waals surface area contributed by atoms with E-state index in [2.05, 4.69) is 29.6 Å². The monoisotopic (exact) mass is 250 g/mol. The Hall–Kier alpha value is -1.52. The number of fused-ring (bicyclic) bond motifs is 1. The second-order valence-electron chi connectivity index (χ2n) is 5.31. The Balaban J connectivity index is 2.29. The molecule has 5 heteroatoms. The summed E-state index contributed by atoms with van der Waals surface area (Å²) in [5, 5.41) is 10.6. The highest BCUT2D eigenvalue weighted by Crippen LogP contribution is 2.31. The van der Waals surface area contributed by atoms with Crippen molar-refractivity contribution < 1.29 is 4.79 Å². The van der Waals surface area contributed by atoms with E-state index in [4.69, 9.17) is 0 Å². The van der Waals surface area contributed by atoms with E-state index in [9.17, 15) is 4.79 Å². The van der Waals surface area contributed by atoms with Crippen LogP contribution in [0.2, 0.25) is 0 Å². The van der Waals surface area contributed by atoms with E-state index < -0.39 is 0 Å². The third-order valence-corrected chi connectivity index (χ3v) is 3.44. The van der Waals surface area contributed by atoms with Crippen molar-refractivity contribution in [1.82, 2.24) is 15.1 Å². The van der Waals surface area contributed by atoms with E-state index in [0.717, 1.165) is 18.8 Å². The third-order valence-electron chi connectivity index (χ3n) is 3.44. The maximum absolute atomic E-state index is 12.1. The minimum atomic E-state index is -0.0526. The lowest BCUT2D eigenvalue weighted by atomic mass is 9.97. The van der Waals surface area contributed by atoms with Crippen LogP contribution in [0.1, 0.15) is 50.5 Å². The van der Waals surface area contributed by atoms with Crippen LogP contribution >= 0.6 is 0 Å². The number of hydrogen-bond donors (Lipinski definition) is 2. The molecule has 2 N–H and O–H groups in total. The summed E-state index contributed by atoms with van der Waals surface area (Å²) in [5.74, 6) is 1.34. The van der Waals surface area contributed by atoms with E-state index in [-0.39, 0.29) is 11.9 Å². The van der Waals surface area contributed by atoms with Gasteiger partial charge in [0.05, 0.1) is 12.2 Å². The van der Waals surface area contributed by atoms with Gasteiger partial charge in [-0.3, -0.25) is 4.79 Å². The van der Waals surface area contributed by atoms with Gasteiger partial charge in [-0.05, 0) is 26.2 Å². The number of nitrogens with zero attached hydrogens (tertiary/aromatic N) is 2. The average molecular weight is 250 g/mol. The van der Waals surface area contributed by atoms with E-state index in [1.165, 1.54) is 0 Å². The van der Waals surface area contributed by atoms with E-state index in [0.29, 0.717) is 17.5 Å². The molecule has 2 rings (SSSR count). The maximum atomic E-state index is 12.1. The number of aromatic nitrogens is 2. The highest BCUT2D eigenvalue weighted by molar-refractivity contribution is 5.98. The topological polar surface area (TPSA) is 59.0 Å². The summed E-state index contributed by atoms with van der Waals surface area (Å²) in [7, 11) is 0. The minimum absolute atomic E-state index is 0.0526. The first-order chi connectivity index (χ1) is 8.54. The van der Waals surface area contributed by atoms with Crippen LogP contribution in [0.3, 0.4) is 0 Å². The number of anilines is 1. The zero-order chi connectivity index (χ0) is 13.3. The fourth-order valence-corrected chi connectivity index (χ4v) is 2.51. The van der Waals surface area contributed by atoms with Crippen LogP contribution in [0.25, 0.3) is 0 Å². The van der Waals surface area contributed by atoms with Crippen molar-refractivity contribution >= 4 is 11.7 Å². The molecular formula is C13H22N4O. The summed E-state index contributed by atoms with van der Waals surface area (Å²) in [6.45, 7) is 9.17. The summed E-state index contributed by atoms with van der Waals surface area (Å²) in [6.07, 6.45) is 2.70. The molecule has 2 unspecified atom stereocenters. The molecule has 2 heterocycles. The summed E-state index contributed by atoms with van der Waals surface area (Å²) < 4.78 is 1.96. The quantitative estimate of drug-likeness (QED) is 0.863. The second-order valence-corrected chi connectivity index (χ2v) is 5.31. The van der Waals surface area contributed by atoms with Crippen LogP contribution in [0.15, 0.2) is 6.20 Å². The Morgan fingerprint density at radius 2 is 2.39 bits per heavy atom. The van der Waals surface area contributed by atoms with Crippen molar-refractivity contribution in [2.45, 2.75) is 46.2 Å². The number of carbonyl (C=O) groups is 1. The molecule has 2 atom stereocenters. The molecule has 0 spiro atoms. The molecular weight excluding hydrogens is 228 g/mol. The van der Waals surface area contributed by atoms with Crippen LogP contribution in [-0.2, 0) is 0 Å². The standard InChI is InChI=1S/C13H22N4O/c1-5-11-9(4)6-14-12-10(7-15-17(11)12)13(18)16-8(2)3/h7-9,11,14H,5-6H2,1-4H3,(H,16,18). The Bertz CT molecular complexity index is 438. The van der Waals surface area contributed by atoms with Gasteiger partial charge < -0.3 is 10.6 Å². The molecule has 0 saturated carbocycles. The normalized spacial score (nSPS) is 22.5. The predicted octanol–water partition coefficient (Wildman–Crippen LogP) is 2.03. The first-order valence-electron chi connectivity index (χ1n) is 6.66. The fourth-order valence-electron chi connectivity index (χ4n) is 2.51. The molecule has 100 valence electrons. The van der Waals surface area contributed by atoms with Gasteiger partial charge in [0.15, 0.2) is 0 Å². The summed E-state index contributed by atoms with van der Waals surface area (Å²) in [5.41, 5.74) is 0.647. The highest BCUT2D eigenvalue weighted by atomic mass is 16.1. The number of rotatable bonds is 3. The second kappa shape index (κ2) is 5.00. The predicted molar refractivity (Wildman–Crippen MR) is 71.8 cm³/mol. The lowest BCUT2D eigenvalue weighted by Crippen LogP contribution is -2.34. The molecule has 18 heavy (non-hydrogen) atoms. The number of hydrogen-bond acceptors (Lipinski definition) is 3. The van der Waals surface area contributed by atoms with Gasteiger partial charge in [-0.2, -0.15) is 5.10 Å². The molecule has 1 aromatic heterocycles. The SMILES string of the molecule is CCC1C(C)CNc2c(C(=O)NC(C)C)cnn21. The Labute approximate surface area is 108 Å². The van der Waals surface area contributed by atoms with Gasteiger partial charge in [0.25, 0.3) is 5.91 Å². The minimum Gasteiger partial charge on any atom is -0.369 e. The molecule has 1 amide bonds. The van der Waals surface area contributed by atoms with Crippen LogP contribution in [-0.4, -0.2) is 28.3 Å². The van der Waals surface area contributed by atoms with E-state index in [1.54, 1.807) is 6.20 Å². The summed E-state index contributed by atoms with van der Waals surface area (Å²) >= 11 is 0. The smallest absolute Gasteiger partial charge is 0.256 e. The molecule has 0 fully saturated rings. The molecule has 0 radical (unpaired) electrons. The van der Waals surface area contributed by atoms with Crippen molar-refractivity contribution in [3.05, 3.63) is 11.8 Å². The average Bonchev–Trinajstić information content (AvgIpc) is 2.71. The van der Waals surface area contributed by atoms with E-state index >= 15 is 0 Å². The molecule has 1 aromatic rings. The maximum Gasteiger partial charge on any atom is 0.256 e. The van der Waals surface area contributed by atoms with Crippen molar-refractivity contribution in [2.24, 2.45) is 5.92 Å². The lowest BCUT2D eigenvalue weighted by Gasteiger charge is -2.31. The van der Waals surface area contributed by atoms with E-state index in [1.807, 2.05) is 18.5 Å². The Morgan fingerprint density at radius 1 is 1.67 bits per heavy atom. The molecule has 0 aromatic carbocycles. The molecule has 0 bridgehead atoms. The zero-order valence-corrected chi connectivity index (χ0v) is 11.5. The largest absolute Gasteiger partial charge is 0.369 e. The first kappa shape index (κ1) is 12.9. The first-order valence-corrected chi connectivity index (χ1v) is 6.66. The van der Waals surface area contributed by atoms with Gasteiger partial charge >= 0.3 is 0 Å². The van der Waals surface area contributed by atoms with Gasteiger partial charge in [-0.15, -0.1) is 0 Å². The van der Waals surface area contributed by atoms with Gasteiger partial charge in [-0.25, -0.2) is 4.68 Å². The molecule has 0 saturated heterocycles. The van der Waals surface area contributed by atoms with Crippen LogP contribution in [0, 0.1) is 5.92 Å². The van der Waals surface area contributed by atoms with Crippen molar-refractivity contribution in [3.8, 4) is 0 Å². The highest BCUT2D eigenvalue weighted by Gasteiger charge is 2.29. The third kappa shape index (κ3) is 2.21. The van der Waals surface area contributed by atoms with Gasteiger partial charge in [-0.1, -0.05) is 13.8 Å². The number of amides is 1. The van der Waals surface area contributed by atoms with Crippen LogP contribution in [0.4, 0.5) is 5.82 Å². The lowest BCUT2D eigenvalue weighted by molar-refractivity contribution is 0.0943.